The van der Waals surface area contributed by atoms with Gasteiger partial charge in [-0.25, -0.2) is 4.68 Å². The minimum atomic E-state index is -1.12. The number of fused-ring (bicyclic) bond motifs is 2. The maximum atomic E-state index is 13.9. The van der Waals surface area contributed by atoms with E-state index >= 15 is 0 Å². The Morgan fingerprint density at radius 3 is 2.73 bits per heavy atom. The van der Waals surface area contributed by atoms with Crippen LogP contribution in [-0.4, -0.2) is 62.2 Å². The van der Waals surface area contributed by atoms with E-state index in [1.54, 1.807) is 0 Å². The number of ketones is 1. The van der Waals surface area contributed by atoms with Crippen LogP contribution in [-0.2, 0) is 27.2 Å². The quantitative estimate of drug-likeness (QED) is 0.532. The zero-order chi connectivity index (χ0) is 28.0. The van der Waals surface area contributed by atoms with Gasteiger partial charge in [0, 0.05) is 29.9 Å². The molecule has 3 heterocycles. The molecular weight excluding hydrogens is 506 g/mol. The van der Waals surface area contributed by atoms with Crippen LogP contribution in [0.15, 0.2) is 42.6 Å². The summed E-state index contributed by atoms with van der Waals surface area (Å²) in [5.74, 6) is -0.671. The van der Waals surface area contributed by atoms with Crippen molar-refractivity contribution in [1.29, 1.82) is 0 Å². The van der Waals surface area contributed by atoms with E-state index < -0.39 is 47.3 Å². The van der Waals surface area contributed by atoms with Crippen molar-refractivity contribution in [3.63, 3.8) is 0 Å². The van der Waals surface area contributed by atoms with Crippen LogP contribution in [0.3, 0.4) is 0 Å². The van der Waals surface area contributed by atoms with Crippen molar-refractivity contribution in [2.24, 2.45) is 34.0 Å². The van der Waals surface area contributed by atoms with E-state index in [0.29, 0.717) is 38.0 Å². The minimum Gasteiger partial charge on any atom is -0.393 e. The molecule has 2 N–H and O–H groups in total. The van der Waals surface area contributed by atoms with Crippen LogP contribution < -0.4 is 0 Å². The van der Waals surface area contributed by atoms with Crippen molar-refractivity contribution >= 4 is 5.78 Å². The van der Waals surface area contributed by atoms with Crippen molar-refractivity contribution in [3.05, 3.63) is 59.4 Å². The summed E-state index contributed by atoms with van der Waals surface area (Å²) in [7, 11) is 0. The van der Waals surface area contributed by atoms with Gasteiger partial charge in [0.05, 0.1) is 42.6 Å². The van der Waals surface area contributed by atoms with Gasteiger partial charge in [0.1, 0.15) is 0 Å². The summed E-state index contributed by atoms with van der Waals surface area (Å²) in [5, 5.41) is 31.9. The van der Waals surface area contributed by atoms with Crippen LogP contribution in [0.25, 0.3) is 0 Å². The number of Topliss-reactive ketones (excluding diaryl/α,β-unsaturated/α-hetero) is 1. The highest BCUT2D eigenvalue weighted by molar-refractivity contribution is 6.04. The number of nitrogens with zero attached hydrogens (tertiary/aromatic N) is 3. The molecule has 2 saturated heterocycles. The number of hydrogen-bond donors (Lipinski definition) is 2. The van der Waals surface area contributed by atoms with Crippen LogP contribution in [0.4, 0.5) is 0 Å². The van der Waals surface area contributed by atoms with Crippen LogP contribution in [0.1, 0.15) is 62.8 Å². The molecule has 0 unspecified atom stereocenters. The molecule has 4 aliphatic carbocycles. The third kappa shape index (κ3) is 3.49. The van der Waals surface area contributed by atoms with Crippen LogP contribution >= 0.6 is 0 Å². The highest BCUT2D eigenvalue weighted by atomic mass is 16.7. The molecule has 2 aliphatic heterocycles. The SMILES string of the molecule is C=C1C(=O)[C@]23[C@H](O)[C@H]1C[C@H](O)[C@H]2[C@]12CCCC(C)(C)[C@H]1C[C@H]3O[C@@H]2OCCc1cn(Cc2ccc(C)cc2)nn1. The van der Waals surface area contributed by atoms with Crippen molar-refractivity contribution in [2.75, 3.05) is 6.61 Å². The zero-order valence-electron chi connectivity index (χ0n) is 23.8. The van der Waals surface area contributed by atoms with Gasteiger partial charge in [0.25, 0.3) is 0 Å². The fourth-order valence-electron chi connectivity index (χ4n) is 9.75. The topological polar surface area (TPSA) is 107 Å². The molecule has 4 saturated carbocycles. The number of aliphatic hydroxyl groups is 2. The first-order valence-electron chi connectivity index (χ1n) is 14.9. The summed E-state index contributed by atoms with van der Waals surface area (Å²) in [4.78, 5) is 13.9. The van der Waals surface area contributed by atoms with Crippen molar-refractivity contribution in [3.8, 4) is 0 Å². The number of carbonyl (C=O) groups excluding carboxylic acids is 1. The largest absolute Gasteiger partial charge is 0.393 e. The van der Waals surface area contributed by atoms with Crippen molar-refractivity contribution < 1.29 is 24.5 Å². The molecular formula is C32H41N3O5. The molecule has 0 amide bonds. The van der Waals surface area contributed by atoms with E-state index in [1.165, 1.54) is 11.1 Å². The summed E-state index contributed by atoms with van der Waals surface area (Å²) < 4.78 is 15.1. The van der Waals surface area contributed by atoms with E-state index in [4.69, 9.17) is 9.47 Å². The Bertz CT molecular complexity index is 1340. The second kappa shape index (κ2) is 9.05. The molecule has 9 atom stereocenters. The summed E-state index contributed by atoms with van der Waals surface area (Å²) in [5.41, 5.74) is 2.05. The van der Waals surface area contributed by atoms with Gasteiger partial charge in [-0.1, -0.05) is 61.9 Å². The number of aliphatic hydroxyl groups excluding tert-OH is 2. The summed E-state index contributed by atoms with van der Waals surface area (Å²) in [6.45, 7) is 11.8. The first-order valence-corrected chi connectivity index (χ1v) is 14.9. The predicted octanol–water partition coefficient (Wildman–Crippen LogP) is 3.62. The summed E-state index contributed by atoms with van der Waals surface area (Å²) in [6.07, 6.45) is 3.88. The maximum Gasteiger partial charge on any atom is 0.170 e. The lowest BCUT2D eigenvalue weighted by Gasteiger charge is -2.72. The highest BCUT2D eigenvalue weighted by Crippen LogP contribution is 2.75. The molecule has 8 heteroatoms. The van der Waals surface area contributed by atoms with E-state index in [1.807, 2.05) is 10.9 Å². The number of rotatable bonds is 6. The third-order valence-corrected chi connectivity index (χ3v) is 11.4. The molecule has 40 heavy (non-hydrogen) atoms. The molecule has 214 valence electrons. The second-order valence-corrected chi connectivity index (χ2v) is 13.8. The normalized spacial score (nSPS) is 41.2. The Morgan fingerprint density at radius 1 is 1.18 bits per heavy atom. The second-order valence-electron chi connectivity index (χ2n) is 13.8. The molecule has 6 fully saturated rings. The lowest BCUT2D eigenvalue weighted by atomic mass is 9.37. The fraction of sp³-hybridized carbons (Fsp3) is 0.656. The first kappa shape index (κ1) is 26.5. The van der Waals surface area contributed by atoms with Crippen molar-refractivity contribution in [1.82, 2.24) is 15.0 Å². The molecule has 8 rings (SSSR count). The van der Waals surface area contributed by atoms with Gasteiger partial charge < -0.3 is 19.7 Å². The van der Waals surface area contributed by atoms with Crippen LogP contribution in [0.5, 0.6) is 0 Å². The van der Waals surface area contributed by atoms with Gasteiger partial charge in [-0.15, -0.1) is 5.10 Å². The third-order valence-electron chi connectivity index (χ3n) is 11.4. The number of ether oxygens (including phenoxy) is 2. The zero-order valence-corrected chi connectivity index (χ0v) is 23.8. The Balaban J connectivity index is 1.14. The molecule has 6 aliphatic rings. The standard InChI is InChI=1S/C32H41N3O5/c1-18-6-8-20(9-7-18)16-35-17-21(33-34-35)10-13-39-29-31-12-5-11-30(3,4)24(31)15-25(40-29)32-26(31)23(36)14-22(28(32)38)19(2)27(32)37/h6-9,17,22-26,28-29,36,38H,2,5,10-16H2,1,3-4H3/t22-,23-,24+,25+,26-,28+,29-,31-,32+/m0/s1. The first-order chi connectivity index (χ1) is 19.1. The van der Waals surface area contributed by atoms with Crippen molar-refractivity contribution in [2.45, 2.75) is 90.4 Å². The molecule has 1 aromatic carbocycles. The minimum absolute atomic E-state index is 0.0162. The Hall–Kier alpha value is -2.39. The number of benzene rings is 1. The Morgan fingerprint density at radius 2 is 1.95 bits per heavy atom. The fourth-order valence-corrected chi connectivity index (χ4v) is 9.75. The average molecular weight is 548 g/mol. The number of aryl methyl sites for hydroxylation is 1. The molecule has 8 nitrogen and oxygen atoms in total. The van der Waals surface area contributed by atoms with E-state index in [0.717, 1.165) is 25.0 Å². The monoisotopic (exact) mass is 547 g/mol. The van der Waals surface area contributed by atoms with Gasteiger partial charge >= 0.3 is 0 Å². The summed E-state index contributed by atoms with van der Waals surface area (Å²) in [6, 6.07) is 8.40. The van der Waals surface area contributed by atoms with E-state index in [9.17, 15) is 15.0 Å². The van der Waals surface area contributed by atoms with Gasteiger partial charge in [0.2, 0.25) is 0 Å². The smallest absolute Gasteiger partial charge is 0.170 e. The molecule has 2 aromatic rings. The summed E-state index contributed by atoms with van der Waals surface area (Å²) >= 11 is 0. The van der Waals surface area contributed by atoms with E-state index in [2.05, 4.69) is 61.9 Å². The van der Waals surface area contributed by atoms with Gasteiger partial charge in [-0.05, 0) is 55.1 Å². The molecule has 2 spiro atoms. The molecule has 4 bridgehead atoms. The lowest BCUT2D eigenvalue weighted by molar-refractivity contribution is -0.401. The Kier molecular flexibility index (Phi) is 6.00. The highest BCUT2D eigenvalue weighted by Gasteiger charge is 2.81. The molecule has 1 aromatic heterocycles. The number of hydrogen-bond acceptors (Lipinski definition) is 7. The van der Waals surface area contributed by atoms with E-state index in [-0.39, 0.29) is 17.1 Å². The lowest BCUT2D eigenvalue weighted by Crippen LogP contribution is -2.78. The van der Waals surface area contributed by atoms with Gasteiger partial charge in [0.15, 0.2) is 12.1 Å². The van der Waals surface area contributed by atoms with Crippen LogP contribution in [0.2, 0.25) is 0 Å². The van der Waals surface area contributed by atoms with Crippen LogP contribution in [0, 0.1) is 40.9 Å². The van der Waals surface area contributed by atoms with Gasteiger partial charge in [-0.2, -0.15) is 0 Å². The molecule has 0 radical (unpaired) electrons. The Labute approximate surface area is 235 Å². The maximum absolute atomic E-state index is 13.9. The average Bonchev–Trinajstić information content (AvgIpc) is 3.40. The number of carbonyl (C=O) groups is 1. The van der Waals surface area contributed by atoms with Gasteiger partial charge in [-0.3, -0.25) is 4.79 Å². The number of aromatic nitrogens is 3. The predicted molar refractivity (Wildman–Crippen MR) is 147 cm³/mol.